The minimum absolute atomic E-state index is 0.225. The van der Waals surface area contributed by atoms with Crippen molar-refractivity contribution >= 4 is 17.4 Å². The first kappa shape index (κ1) is 14.0. The molecule has 2 rings (SSSR count). The molecule has 0 bridgehead atoms. The lowest BCUT2D eigenvalue weighted by Crippen LogP contribution is -2.10. The van der Waals surface area contributed by atoms with Gasteiger partial charge in [0.1, 0.15) is 0 Å². The maximum absolute atomic E-state index is 5.68. The number of nitrogen functional groups attached to an aromatic ring is 1. The molecule has 0 fully saturated rings. The number of anilines is 1. The van der Waals surface area contributed by atoms with Crippen LogP contribution in [-0.2, 0) is 11.2 Å². The van der Waals surface area contributed by atoms with E-state index in [0.717, 1.165) is 11.4 Å². The second kappa shape index (κ2) is 5.70. The van der Waals surface area contributed by atoms with Gasteiger partial charge >= 0.3 is 0 Å². The Balaban J connectivity index is 1.98. The van der Waals surface area contributed by atoms with Gasteiger partial charge in [-0.3, -0.25) is 0 Å². The number of rotatable bonds is 3. The summed E-state index contributed by atoms with van der Waals surface area (Å²) < 4.78 is 0. The van der Waals surface area contributed by atoms with Crippen molar-refractivity contribution in [2.45, 2.75) is 36.8 Å². The number of hydrogen-bond donors (Lipinski definition) is 1. The third-order valence-corrected chi connectivity index (χ3v) is 4.19. The van der Waals surface area contributed by atoms with E-state index >= 15 is 0 Å². The molecule has 0 atom stereocenters. The van der Waals surface area contributed by atoms with Crippen LogP contribution in [0.15, 0.2) is 53.4 Å². The molecule has 0 aliphatic carbocycles. The molecular weight excluding hydrogens is 250 g/mol. The SMILES string of the molecule is CC(C)(C)c1ccc(CSc2ccc(N)cc2)cc1. The molecule has 0 saturated heterocycles. The molecule has 0 saturated carbocycles. The van der Waals surface area contributed by atoms with Crippen LogP contribution in [0.4, 0.5) is 5.69 Å². The molecule has 19 heavy (non-hydrogen) atoms. The van der Waals surface area contributed by atoms with Crippen LogP contribution in [0.1, 0.15) is 31.9 Å². The highest BCUT2D eigenvalue weighted by atomic mass is 32.2. The molecule has 2 N–H and O–H groups in total. The van der Waals surface area contributed by atoms with Gasteiger partial charge in [0.15, 0.2) is 0 Å². The molecule has 0 heterocycles. The first-order valence-corrected chi connectivity index (χ1v) is 7.51. The minimum Gasteiger partial charge on any atom is -0.399 e. The van der Waals surface area contributed by atoms with E-state index in [-0.39, 0.29) is 5.41 Å². The second-order valence-corrected chi connectivity index (χ2v) is 6.85. The summed E-state index contributed by atoms with van der Waals surface area (Å²) >= 11 is 1.84. The Morgan fingerprint density at radius 1 is 0.895 bits per heavy atom. The Labute approximate surface area is 120 Å². The lowest BCUT2D eigenvalue weighted by atomic mass is 9.87. The first-order chi connectivity index (χ1) is 8.95. The zero-order chi connectivity index (χ0) is 13.9. The van der Waals surface area contributed by atoms with Crippen LogP contribution < -0.4 is 5.73 Å². The number of thioether (sulfide) groups is 1. The quantitative estimate of drug-likeness (QED) is 0.637. The van der Waals surface area contributed by atoms with Gasteiger partial charge in [-0.15, -0.1) is 11.8 Å². The number of nitrogens with two attached hydrogens (primary N) is 1. The Bertz CT molecular complexity index is 521. The van der Waals surface area contributed by atoms with Gasteiger partial charge < -0.3 is 5.73 Å². The van der Waals surface area contributed by atoms with Crippen molar-refractivity contribution in [3.05, 3.63) is 59.7 Å². The van der Waals surface area contributed by atoms with Gasteiger partial charge in [-0.1, -0.05) is 45.0 Å². The van der Waals surface area contributed by atoms with Crippen molar-refractivity contribution in [3.63, 3.8) is 0 Å². The van der Waals surface area contributed by atoms with Crippen molar-refractivity contribution in [2.24, 2.45) is 0 Å². The summed E-state index contributed by atoms with van der Waals surface area (Å²) in [6.07, 6.45) is 0. The van der Waals surface area contributed by atoms with Gasteiger partial charge in [-0.2, -0.15) is 0 Å². The average molecular weight is 271 g/mol. The molecular formula is C17H21NS. The minimum atomic E-state index is 0.225. The predicted molar refractivity (Wildman–Crippen MR) is 85.6 cm³/mol. The van der Waals surface area contributed by atoms with E-state index < -0.39 is 0 Å². The third-order valence-electron chi connectivity index (χ3n) is 3.11. The molecule has 0 unspecified atom stereocenters. The van der Waals surface area contributed by atoms with E-state index in [4.69, 9.17) is 5.73 Å². The summed E-state index contributed by atoms with van der Waals surface area (Å²) in [7, 11) is 0. The van der Waals surface area contributed by atoms with Gasteiger partial charge in [0.2, 0.25) is 0 Å². The van der Waals surface area contributed by atoms with Crippen LogP contribution in [0.2, 0.25) is 0 Å². The van der Waals surface area contributed by atoms with Gasteiger partial charge in [-0.05, 0) is 40.8 Å². The zero-order valence-electron chi connectivity index (χ0n) is 11.8. The van der Waals surface area contributed by atoms with Gasteiger partial charge in [0, 0.05) is 16.3 Å². The summed E-state index contributed by atoms with van der Waals surface area (Å²) in [5, 5.41) is 0. The van der Waals surface area contributed by atoms with Gasteiger partial charge in [0.25, 0.3) is 0 Å². The normalized spacial score (nSPS) is 11.5. The van der Waals surface area contributed by atoms with E-state index in [1.165, 1.54) is 16.0 Å². The smallest absolute Gasteiger partial charge is 0.0314 e. The first-order valence-electron chi connectivity index (χ1n) is 6.53. The Kier molecular flexibility index (Phi) is 4.20. The summed E-state index contributed by atoms with van der Waals surface area (Å²) in [4.78, 5) is 1.26. The lowest BCUT2D eigenvalue weighted by molar-refractivity contribution is 0.590. The summed E-state index contributed by atoms with van der Waals surface area (Å²) in [6, 6.07) is 17.0. The van der Waals surface area contributed by atoms with Crippen LogP contribution in [0.3, 0.4) is 0 Å². The largest absolute Gasteiger partial charge is 0.399 e. The van der Waals surface area contributed by atoms with Crippen molar-refractivity contribution in [2.75, 3.05) is 5.73 Å². The van der Waals surface area contributed by atoms with Crippen molar-refractivity contribution < 1.29 is 0 Å². The molecule has 2 heteroatoms. The Morgan fingerprint density at radius 2 is 1.47 bits per heavy atom. The van der Waals surface area contributed by atoms with Crippen molar-refractivity contribution in [1.82, 2.24) is 0 Å². The van der Waals surface area contributed by atoms with Crippen molar-refractivity contribution in [1.29, 1.82) is 0 Å². The van der Waals surface area contributed by atoms with Crippen molar-refractivity contribution in [3.8, 4) is 0 Å². The molecule has 100 valence electrons. The van der Waals surface area contributed by atoms with E-state index in [0.29, 0.717) is 0 Å². The third kappa shape index (κ3) is 4.03. The molecule has 0 spiro atoms. The van der Waals surface area contributed by atoms with Gasteiger partial charge in [0.05, 0.1) is 0 Å². The fraction of sp³-hybridized carbons (Fsp3) is 0.294. The number of benzene rings is 2. The number of hydrogen-bond acceptors (Lipinski definition) is 2. The monoisotopic (exact) mass is 271 g/mol. The summed E-state index contributed by atoms with van der Waals surface area (Å²) in [5.41, 5.74) is 9.46. The average Bonchev–Trinajstić information content (AvgIpc) is 2.37. The van der Waals surface area contributed by atoms with E-state index in [9.17, 15) is 0 Å². The van der Waals surface area contributed by atoms with Crippen LogP contribution in [0.5, 0.6) is 0 Å². The topological polar surface area (TPSA) is 26.0 Å². The molecule has 2 aromatic carbocycles. The van der Waals surface area contributed by atoms with E-state index in [2.05, 4.69) is 57.2 Å². The summed E-state index contributed by atoms with van der Waals surface area (Å²) in [5.74, 6) is 0.994. The van der Waals surface area contributed by atoms with Crippen LogP contribution in [0.25, 0.3) is 0 Å². The highest BCUT2D eigenvalue weighted by Crippen LogP contribution is 2.26. The molecule has 2 aromatic rings. The fourth-order valence-corrected chi connectivity index (χ4v) is 2.69. The van der Waals surface area contributed by atoms with E-state index in [1.54, 1.807) is 0 Å². The van der Waals surface area contributed by atoms with Crippen LogP contribution in [0, 0.1) is 0 Å². The Morgan fingerprint density at radius 3 is 2.00 bits per heavy atom. The van der Waals surface area contributed by atoms with Crippen LogP contribution >= 0.6 is 11.8 Å². The standard InChI is InChI=1S/C17H21NS/c1-17(2,3)14-6-4-13(5-7-14)12-19-16-10-8-15(18)9-11-16/h4-11H,12,18H2,1-3H3. The molecule has 1 nitrogen and oxygen atoms in total. The predicted octanol–water partition coefficient (Wildman–Crippen LogP) is 4.86. The molecule has 0 radical (unpaired) electrons. The molecule has 0 amide bonds. The maximum Gasteiger partial charge on any atom is 0.0314 e. The molecule has 0 aliphatic rings. The summed E-state index contributed by atoms with van der Waals surface area (Å²) in [6.45, 7) is 6.72. The maximum atomic E-state index is 5.68. The van der Waals surface area contributed by atoms with E-state index in [1.807, 2.05) is 23.9 Å². The highest BCUT2D eigenvalue weighted by molar-refractivity contribution is 7.98. The van der Waals surface area contributed by atoms with Crippen LogP contribution in [-0.4, -0.2) is 0 Å². The lowest BCUT2D eigenvalue weighted by Gasteiger charge is -2.19. The molecule has 0 aliphatic heterocycles. The zero-order valence-corrected chi connectivity index (χ0v) is 12.6. The highest BCUT2D eigenvalue weighted by Gasteiger charge is 2.12. The Hall–Kier alpha value is -1.41. The fourth-order valence-electron chi connectivity index (χ4n) is 1.83. The molecule has 0 aromatic heterocycles. The van der Waals surface area contributed by atoms with Gasteiger partial charge in [-0.25, -0.2) is 0 Å². The second-order valence-electron chi connectivity index (χ2n) is 5.80.